The smallest absolute Gasteiger partial charge is 0.162 e. The van der Waals surface area contributed by atoms with Gasteiger partial charge in [-0.25, -0.2) is 0 Å². The van der Waals surface area contributed by atoms with E-state index in [1.54, 1.807) is 6.08 Å². The van der Waals surface area contributed by atoms with Gasteiger partial charge in [0.25, 0.3) is 0 Å². The summed E-state index contributed by atoms with van der Waals surface area (Å²) in [6, 6.07) is 17.6. The Hall–Kier alpha value is -3.30. The fourth-order valence-corrected chi connectivity index (χ4v) is 4.90. The molecule has 0 fully saturated rings. The molecule has 1 aliphatic carbocycles. The zero-order valence-electron chi connectivity index (χ0n) is 18.8. The molecule has 2 aromatic carbocycles. The van der Waals surface area contributed by atoms with Crippen LogP contribution in [0.5, 0.6) is 5.75 Å². The fraction of sp³-hybridized carbons (Fsp3) is 0.259. The second-order valence-corrected chi connectivity index (χ2v) is 10.0. The number of hydrogen-bond acceptors (Lipinski definition) is 5. The Kier molecular flexibility index (Phi) is 6.18. The van der Waals surface area contributed by atoms with Gasteiger partial charge >= 0.3 is 0 Å². The van der Waals surface area contributed by atoms with Crippen LogP contribution < -0.4 is 15.4 Å². The van der Waals surface area contributed by atoms with Gasteiger partial charge in [-0.05, 0) is 53.8 Å². The number of ketones is 1. The Labute approximate surface area is 203 Å². The molecule has 2 N–H and O–H groups in total. The molecule has 1 atom stereocenters. The predicted molar refractivity (Wildman–Crippen MR) is 133 cm³/mol. The fourth-order valence-electron chi connectivity index (χ4n) is 4.64. The van der Waals surface area contributed by atoms with Crippen molar-refractivity contribution in [2.75, 3.05) is 11.5 Å². The van der Waals surface area contributed by atoms with E-state index in [0.717, 1.165) is 21.4 Å². The lowest BCUT2D eigenvalue weighted by Gasteiger charge is -2.43. The summed E-state index contributed by atoms with van der Waals surface area (Å²) in [6.07, 6.45) is 2.79. The molecule has 2 aromatic rings. The van der Waals surface area contributed by atoms with Crippen LogP contribution in [0.3, 0.4) is 0 Å². The van der Waals surface area contributed by atoms with E-state index in [1.807, 2.05) is 53.4 Å². The summed E-state index contributed by atoms with van der Waals surface area (Å²) in [6.45, 7) is 8.26. The molecular weight excluding hydrogens is 478 g/mol. The maximum atomic E-state index is 13.5. The van der Waals surface area contributed by atoms with Gasteiger partial charge < -0.3 is 10.5 Å². The lowest BCUT2D eigenvalue weighted by atomic mass is 9.68. The Morgan fingerprint density at radius 3 is 2.48 bits per heavy atom. The Balaban J connectivity index is 1.89. The molecule has 0 saturated heterocycles. The maximum Gasteiger partial charge on any atom is 0.162 e. The number of hydrogen-bond donors (Lipinski definition) is 1. The number of carbonyl (C=O) groups is 1. The first-order valence-electron chi connectivity index (χ1n) is 10.8. The first-order chi connectivity index (χ1) is 15.8. The van der Waals surface area contributed by atoms with Gasteiger partial charge in [0.05, 0.1) is 17.6 Å². The molecule has 0 bridgehead atoms. The van der Waals surface area contributed by atoms with E-state index >= 15 is 0 Å². The third-order valence-corrected chi connectivity index (χ3v) is 6.58. The van der Waals surface area contributed by atoms with E-state index < -0.39 is 5.92 Å². The largest absolute Gasteiger partial charge is 0.490 e. The molecule has 5 nitrogen and oxygen atoms in total. The highest BCUT2D eigenvalue weighted by molar-refractivity contribution is 9.10. The van der Waals surface area contributed by atoms with Gasteiger partial charge in [0.15, 0.2) is 5.78 Å². The first-order valence-corrected chi connectivity index (χ1v) is 11.6. The minimum Gasteiger partial charge on any atom is -0.490 e. The molecule has 33 heavy (non-hydrogen) atoms. The van der Waals surface area contributed by atoms with Gasteiger partial charge in [-0.15, -0.1) is 0 Å². The summed E-state index contributed by atoms with van der Waals surface area (Å²) in [5, 5.41) is 10.2. The average Bonchev–Trinajstić information content (AvgIpc) is 2.77. The van der Waals surface area contributed by atoms with E-state index in [4.69, 9.17) is 10.5 Å². The molecule has 1 heterocycles. The Morgan fingerprint density at radius 2 is 1.88 bits per heavy atom. The van der Waals surface area contributed by atoms with Crippen molar-refractivity contribution < 1.29 is 9.53 Å². The number of ether oxygens (including phenoxy) is 1. The summed E-state index contributed by atoms with van der Waals surface area (Å²) in [4.78, 5) is 15.4. The van der Waals surface area contributed by atoms with Crippen LogP contribution in [0.1, 0.15) is 38.2 Å². The van der Waals surface area contributed by atoms with Crippen molar-refractivity contribution >= 4 is 27.4 Å². The third-order valence-electron chi connectivity index (χ3n) is 6.05. The number of nitrogens with two attached hydrogens (primary N) is 1. The summed E-state index contributed by atoms with van der Waals surface area (Å²) >= 11 is 3.47. The number of benzene rings is 2. The summed E-state index contributed by atoms with van der Waals surface area (Å²) in [7, 11) is 0. The molecule has 0 spiro atoms. The highest BCUT2D eigenvalue weighted by Crippen LogP contribution is 2.50. The molecule has 1 unspecified atom stereocenters. The van der Waals surface area contributed by atoms with Crippen LogP contribution >= 0.6 is 15.9 Å². The number of rotatable bonds is 5. The van der Waals surface area contributed by atoms with Crippen molar-refractivity contribution in [2.45, 2.75) is 32.6 Å². The van der Waals surface area contributed by atoms with E-state index in [-0.39, 0.29) is 11.2 Å². The van der Waals surface area contributed by atoms with E-state index in [2.05, 4.69) is 42.4 Å². The highest BCUT2D eigenvalue weighted by Gasteiger charge is 2.44. The van der Waals surface area contributed by atoms with Crippen LogP contribution in [0.25, 0.3) is 0 Å². The van der Waals surface area contributed by atoms with E-state index in [1.165, 1.54) is 0 Å². The van der Waals surface area contributed by atoms with Crippen LogP contribution in [-0.4, -0.2) is 12.4 Å². The van der Waals surface area contributed by atoms with E-state index in [9.17, 15) is 10.1 Å². The first kappa shape index (κ1) is 22.9. The SMILES string of the molecule is C=CCOc1ccc(C2C(C#N)=C(N)N(c3ccc(Br)cc3)C3=C2C(=O)CC(C)(C)C3)cc1. The zero-order chi connectivity index (χ0) is 23.8. The number of nitrogens with zero attached hydrogens (tertiary/aromatic N) is 2. The quantitative estimate of drug-likeness (QED) is 0.509. The Bertz CT molecular complexity index is 1200. The summed E-state index contributed by atoms with van der Waals surface area (Å²) < 4.78 is 6.54. The van der Waals surface area contributed by atoms with Crippen LogP contribution in [-0.2, 0) is 4.79 Å². The maximum absolute atomic E-state index is 13.5. The number of allylic oxidation sites excluding steroid dienone is 3. The van der Waals surface area contributed by atoms with Crippen LogP contribution in [0.15, 0.2) is 88.3 Å². The van der Waals surface area contributed by atoms with Crippen LogP contribution in [0.4, 0.5) is 5.69 Å². The molecule has 0 radical (unpaired) electrons. The van der Waals surface area contributed by atoms with Gasteiger partial charge in [-0.1, -0.05) is 54.6 Å². The van der Waals surface area contributed by atoms with Gasteiger partial charge in [-0.3, -0.25) is 9.69 Å². The normalized spacial score (nSPS) is 19.8. The minimum absolute atomic E-state index is 0.0561. The van der Waals surface area contributed by atoms with Crippen molar-refractivity contribution in [1.82, 2.24) is 0 Å². The number of anilines is 1. The molecule has 2 aliphatic rings. The molecule has 1 aliphatic heterocycles. The topological polar surface area (TPSA) is 79.3 Å². The van der Waals surface area contributed by atoms with Crippen molar-refractivity contribution in [1.29, 1.82) is 5.26 Å². The monoisotopic (exact) mass is 503 g/mol. The van der Waals surface area contributed by atoms with Crippen molar-refractivity contribution in [3.8, 4) is 11.8 Å². The molecule has 6 heteroatoms. The standard InChI is InChI=1S/C27H26BrN3O2/c1-4-13-33-20-11-5-17(6-12-20)24-21(16-29)26(30)31(19-9-7-18(28)8-10-19)22-14-27(2,3)15-23(32)25(22)24/h4-12,24H,1,13-15,30H2,2-3H3. The summed E-state index contributed by atoms with van der Waals surface area (Å²) in [5.74, 6) is 0.613. The van der Waals surface area contributed by atoms with Crippen molar-refractivity contribution in [3.05, 3.63) is 93.9 Å². The van der Waals surface area contributed by atoms with Crippen LogP contribution in [0, 0.1) is 16.7 Å². The third kappa shape index (κ3) is 4.34. The predicted octanol–water partition coefficient (Wildman–Crippen LogP) is 5.95. The second kappa shape index (κ2) is 8.92. The number of halogens is 1. The molecular formula is C27H26BrN3O2. The number of carbonyl (C=O) groups excluding carboxylic acids is 1. The highest BCUT2D eigenvalue weighted by atomic mass is 79.9. The molecule has 0 aromatic heterocycles. The van der Waals surface area contributed by atoms with Gasteiger partial charge in [0.2, 0.25) is 0 Å². The Morgan fingerprint density at radius 1 is 1.21 bits per heavy atom. The average molecular weight is 504 g/mol. The number of nitriles is 1. The van der Waals surface area contributed by atoms with Gasteiger partial charge in [0.1, 0.15) is 18.2 Å². The molecule has 4 rings (SSSR count). The van der Waals surface area contributed by atoms with Crippen molar-refractivity contribution in [2.24, 2.45) is 11.1 Å². The molecule has 0 saturated carbocycles. The van der Waals surface area contributed by atoms with Crippen LogP contribution in [0.2, 0.25) is 0 Å². The minimum atomic E-state index is -0.506. The molecule has 168 valence electrons. The number of Topliss-reactive ketones (excluding diaryl/α,β-unsaturated/α-hetero) is 1. The zero-order valence-corrected chi connectivity index (χ0v) is 20.4. The lowest BCUT2D eigenvalue weighted by molar-refractivity contribution is -0.118. The lowest BCUT2D eigenvalue weighted by Crippen LogP contribution is -2.42. The van der Waals surface area contributed by atoms with Crippen molar-refractivity contribution in [3.63, 3.8) is 0 Å². The second-order valence-electron chi connectivity index (χ2n) is 9.13. The molecule has 0 amide bonds. The van der Waals surface area contributed by atoms with Gasteiger partial charge in [0, 0.05) is 27.9 Å². The van der Waals surface area contributed by atoms with E-state index in [0.29, 0.717) is 42.2 Å². The summed E-state index contributed by atoms with van der Waals surface area (Å²) in [5.41, 5.74) is 10.0. The van der Waals surface area contributed by atoms with Gasteiger partial charge in [-0.2, -0.15) is 5.26 Å².